The minimum Gasteiger partial charge on any atom is -0.332 e. The number of halogens is 1. The van der Waals surface area contributed by atoms with Gasteiger partial charge in [0.1, 0.15) is 5.69 Å². The second-order valence-electron chi connectivity index (χ2n) is 2.99. The predicted molar refractivity (Wildman–Crippen MR) is 67.9 cm³/mol. The molecule has 3 rings (SSSR count). The van der Waals surface area contributed by atoms with Gasteiger partial charge in [-0.25, -0.2) is 0 Å². The van der Waals surface area contributed by atoms with Crippen molar-refractivity contribution in [2.24, 2.45) is 0 Å². The van der Waals surface area contributed by atoms with E-state index in [-0.39, 0.29) is 0 Å². The normalized spacial score (nSPS) is 10.8. The third-order valence-electron chi connectivity index (χ3n) is 1.97. The fourth-order valence-electron chi connectivity index (χ4n) is 1.25. The summed E-state index contributed by atoms with van der Waals surface area (Å²) in [5.74, 6) is 1.07. The van der Waals surface area contributed by atoms with E-state index in [1.165, 1.54) is 0 Å². The molecule has 0 amide bonds. The molecule has 0 spiro atoms. The summed E-state index contributed by atoms with van der Waals surface area (Å²) in [7, 11) is 0. The minimum absolute atomic E-state index is 0.463. The van der Waals surface area contributed by atoms with Gasteiger partial charge >= 0.3 is 0 Å². The van der Waals surface area contributed by atoms with Gasteiger partial charge in [0.05, 0.1) is 14.6 Å². The number of hydrogen-bond donors (Lipinski definition) is 1. The molecule has 0 unspecified atom stereocenters. The zero-order valence-electron chi connectivity index (χ0n) is 7.85. The highest BCUT2D eigenvalue weighted by molar-refractivity contribution is 14.1. The topological polar surface area (TPSA) is 67.6 Å². The number of aromatic nitrogens is 4. The third kappa shape index (κ3) is 1.65. The summed E-state index contributed by atoms with van der Waals surface area (Å²) in [4.78, 5) is 5.30. The lowest BCUT2D eigenvalue weighted by Gasteiger charge is -1.86. The van der Waals surface area contributed by atoms with Crippen LogP contribution in [0.4, 0.5) is 0 Å². The lowest BCUT2D eigenvalue weighted by Crippen LogP contribution is -1.80. The molecule has 0 aliphatic rings. The summed E-state index contributed by atoms with van der Waals surface area (Å²) in [6.07, 6.45) is 1.71. The molecule has 0 aliphatic heterocycles. The molecular formula is C9H5IN4OS. The van der Waals surface area contributed by atoms with Crippen LogP contribution in [0.15, 0.2) is 28.2 Å². The van der Waals surface area contributed by atoms with Crippen LogP contribution in [-0.2, 0) is 0 Å². The second-order valence-corrected chi connectivity index (χ2v) is 5.10. The fraction of sp³-hybridized carbons (Fsp3) is 0. The summed E-state index contributed by atoms with van der Waals surface area (Å²) in [5, 5.41) is 12.6. The van der Waals surface area contributed by atoms with Crippen molar-refractivity contribution in [3.05, 3.63) is 27.3 Å². The van der Waals surface area contributed by atoms with E-state index in [1.807, 2.05) is 17.5 Å². The molecule has 0 fully saturated rings. The summed E-state index contributed by atoms with van der Waals surface area (Å²) in [5.41, 5.74) is 0.760. The SMILES string of the molecule is Ic1cn[nH]c1-c1nc(-c2cccs2)no1. The summed E-state index contributed by atoms with van der Waals surface area (Å²) < 4.78 is 6.14. The van der Waals surface area contributed by atoms with Gasteiger partial charge in [-0.3, -0.25) is 5.10 Å². The first-order valence-corrected chi connectivity index (χ1v) is 6.37. The van der Waals surface area contributed by atoms with Gasteiger partial charge < -0.3 is 4.52 Å². The van der Waals surface area contributed by atoms with Gasteiger partial charge in [0.2, 0.25) is 5.82 Å². The molecule has 16 heavy (non-hydrogen) atoms. The maximum absolute atomic E-state index is 5.18. The maximum Gasteiger partial charge on any atom is 0.277 e. The van der Waals surface area contributed by atoms with E-state index in [1.54, 1.807) is 17.5 Å². The van der Waals surface area contributed by atoms with Crippen molar-refractivity contribution in [1.29, 1.82) is 0 Å². The number of rotatable bonds is 2. The minimum atomic E-state index is 0.463. The largest absolute Gasteiger partial charge is 0.332 e. The average molecular weight is 344 g/mol. The molecule has 0 aromatic carbocycles. The first kappa shape index (κ1) is 9.97. The smallest absolute Gasteiger partial charge is 0.277 e. The van der Waals surface area contributed by atoms with E-state index in [4.69, 9.17) is 4.52 Å². The van der Waals surface area contributed by atoms with Gasteiger partial charge in [0.15, 0.2) is 0 Å². The lowest BCUT2D eigenvalue weighted by atomic mass is 10.4. The molecule has 3 heterocycles. The number of thiophene rings is 1. The van der Waals surface area contributed by atoms with Crippen molar-refractivity contribution >= 4 is 33.9 Å². The van der Waals surface area contributed by atoms with Crippen LogP contribution in [0.25, 0.3) is 22.3 Å². The van der Waals surface area contributed by atoms with E-state index < -0.39 is 0 Å². The predicted octanol–water partition coefficient (Wildman–Crippen LogP) is 2.79. The zero-order chi connectivity index (χ0) is 11.0. The second kappa shape index (κ2) is 3.98. The van der Waals surface area contributed by atoms with E-state index in [2.05, 4.69) is 42.9 Å². The average Bonchev–Trinajstić information content (AvgIpc) is 2.96. The quantitative estimate of drug-likeness (QED) is 0.726. The van der Waals surface area contributed by atoms with Gasteiger partial charge in [-0.2, -0.15) is 10.1 Å². The molecule has 5 nitrogen and oxygen atoms in total. The molecule has 0 radical (unpaired) electrons. The molecule has 0 aliphatic carbocycles. The highest BCUT2D eigenvalue weighted by Crippen LogP contribution is 2.26. The Kier molecular flexibility index (Phi) is 2.48. The standard InChI is InChI=1S/C9H5IN4OS/c10-5-4-11-13-7(5)9-12-8(14-15-9)6-2-1-3-16-6/h1-4H,(H,11,13). The van der Waals surface area contributed by atoms with Crippen molar-refractivity contribution in [2.45, 2.75) is 0 Å². The fourth-order valence-corrected chi connectivity index (χ4v) is 2.39. The highest BCUT2D eigenvalue weighted by atomic mass is 127. The number of aromatic amines is 1. The number of hydrogen-bond acceptors (Lipinski definition) is 5. The van der Waals surface area contributed by atoms with Gasteiger partial charge in [0.25, 0.3) is 5.89 Å². The Morgan fingerprint density at radius 3 is 3.06 bits per heavy atom. The van der Waals surface area contributed by atoms with Gasteiger partial charge in [-0.1, -0.05) is 11.2 Å². The first-order chi connectivity index (χ1) is 7.84. The molecule has 3 aromatic heterocycles. The zero-order valence-corrected chi connectivity index (χ0v) is 10.8. The molecule has 7 heteroatoms. The van der Waals surface area contributed by atoms with Crippen molar-refractivity contribution in [3.63, 3.8) is 0 Å². The lowest BCUT2D eigenvalue weighted by molar-refractivity contribution is 0.431. The van der Waals surface area contributed by atoms with E-state index in [0.29, 0.717) is 11.7 Å². The van der Waals surface area contributed by atoms with Crippen LogP contribution in [0.2, 0.25) is 0 Å². The van der Waals surface area contributed by atoms with Crippen LogP contribution < -0.4 is 0 Å². The Morgan fingerprint density at radius 2 is 2.38 bits per heavy atom. The van der Waals surface area contributed by atoms with Crippen molar-refractivity contribution in [1.82, 2.24) is 20.3 Å². The highest BCUT2D eigenvalue weighted by Gasteiger charge is 2.14. The summed E-state index contributed by atoms with van der Waals surface area (Å²) in [6, 6.07) is 3.91. The molecular weight excluding hydrogens is 339 g/mol. The molecule has 0 bridgehead atoms. The third-order valence-corrected chi connectivity index (χ3v) is 3.66. The molecule has 0 saturated heterocycles. The van der Waals surface area contributed by atoms with Crippen molar-refractivity contribution in [2.75, 3.05) is 0 Å². The van der Waals surface area contributed by atoms with Crippen LogP contribution in [0.5, 0.6) is 0 Å². The Balaban J connectivity index is 2.03. The monoisotopic (exact) mass is 344 g/mol. The van der Waals surface area contributed by atoms with Crippen LogP contribution in [-0.4, -0.2) is 20.3 Å². The van der Waals surface area contributed by atoms with Gasteiger partial charge in [0, 0.05) is 0 Å². The van der Waals surface area contributed by atoms with E-state index >= 15 is 0 Å². The van der Waals surface area contributed by atoms with Crippen molar-refractivity contribution in [3.8, 4) is 22.3 Å². The van der Waals surface area contributed by atoms with Crippen LogP contribution in [0, 0.1) is 3.57 Å². The first-order valence-electron chi connectivity index (χ1n) is 4.41. The Hall–Kier alpha value is -1.22. The van der Waals surface area contributed by atoms with Gasteiger partial charge in [-0.15, -0.1) is 11.3 Å². The molecule has 0 atom stereocenters. The van der Waals surface area contributed by atoms with E-state index in [9.17, 15) is 0 Å². The number of nitrogens with zero attached hydrogens (tertiary/aromatic N) is 3. The van der Waals surface area contributed by atoms with Crippen LogP contribution in [0.1, 0.15) is 0 Å². The summed E-state index contributed by atoms with van der Waals surface area (Å²) in [6.45, 7) is 0. The van der Waals surface area contributed by atoms with Gasteiger partial charge in [-0.05, 0) is 34.0 Å². The molecule has 3 aromatic rings. The molecule has 80 valence electrons. The Bertz CT molecular complexity index is 601. The number of nitrogens with one attached hydrogen (secondary N) is 1. The number of H-pyrrole nitrogens is 1. The molecule has 1 N–H and O–H groups in total. The summed E-state index contributed by atoms with van der Waals surface area (Å²) >= 11 is 3.74. The van der Waals surface area contributed by atoms with Crippen LogP contribution in [0.3, 0.4) is 0 Å². The van der Waals surface area contributed by atoms with Crippen LogP contribution >= 0.6 is 33.9 Å². The maximum atomic E-state index is 5.18. The van der Waals surface area contributed by atoms with E-state index in [0.717, 1.165) is 14.1 Å². The Labute approximate surface area is 108 Å². The van der Waals surface area contributed by atoms with Crippen molar-refractivity contribution < 1.29 is 4.52 Å². The Morgan fingerprint density at radius 1 is 1.44 bits per heavy atom. The molecule has 0 saturated carbocycles.